The topological polar surface area (TPSA) is 48.9 Å². The maximum absolute atomic E-state index is 11.3. The van der Waals surface area contributed by atoms with Crippen LogP contribution in [0, 0.1) is 5.92 Å². The number of fused-ring (bicyclic) bond motifs is 1. The fourth-order valence-corrected chi connectivity index (χ4v) is 3.00. The molecule has 0 fully saturated rings. The Morgan fingerprint density at radius 2 is 1.86 bits per heavy atom. The molecule has 0 radical (unpaired) electrons. The minimum atomic E-state index is -1.09. The van der Waals surface area contributed by atoms with Gasteiger partial charge >= 0.3 is 0 Å². The first-order chi connectivity index (χ1) is 10.6. The number of aryl methyl sites for hydroxylation is 1. The Morgan fingerprint density at radius 3 is 2.50 bits per heavy atom. The number of aromatic nitrogens is 2. The highest BCUT2D eigenvalue weighted by molar-refractivity contribution is 5.84. The third-order valence-corrected chi connectivity index (χ3v) is 4.48. The molecule has 1 heterocycles. The average Bonchev–Trinajstić information content (AvgIpc) is 3.07. The molecule has 22 heavy (non-hydrogen) atoms. The van der Waals surface area contributed by atoms with Crippen LogP contribution >= 0.6 is 0 Å². The number of hydrogen-bond donors (Lipinski definition) is 2. The van der Waals surface area contributed by atoms with Gasteiger partial charge in [0.2, 0.25) is 0 Å². The van der Waals surface area contributed by atoms with Gasteiger partial charge in [-0.1, -0.05) is 51.1 Å². The molecule has 3 nitrogen and oxygen atoms in total. The summed E-state index contributed by atoms with van der Waals surface area (Å²) in [5.41, 5.74) is 1.78. The monoisotopic (exact) mass is 294 g/mol. The van der Waals surface area contributed by atoms with Crippen LogP contribution in [-0.4, -0.2) is 15.1 Å². The first kappa shape index (κ1) is 14.8. The largest absolute Gasteiger partial charge is 0.378 e. The first-order valence-electron chi connectivity index (χ1n) is 7.80. The zero-order chi connectivity index (χ0) is 15.7. The van der Waals surface area contributed by atoms with Gasteiger partial charge < -0.3 is 10.1 Å². The molecule has 0 amide bonds. The van der Waals surface area contributed by atoms with Crippen molar-refractivity contribution in [2.75, 3.05) is 0 Å². The lowest BCUT2D eigenvalue weighted by molar-refractivity contribution is 0.0281. The van der Waals surface area contributed by atoms with Gasteiger partial charge in [0.25, 0.3) is 0 Å². The minimum absolute atomic E-state index is 0.0168. The molecule has 1 unspecified atom stereocenters. The van der Waals surface area contributed by atoms with E-state index in [0.29, 0.717) is 5.69 Å². The van der Waals surface area contributed by atoms with E-state index in [9.17, 15) is 5.11 Å². The lowest BCUT2D eigenvalue weighted by Crippen LogP contribution is -2.33. The van der Waals surface area contributed by atoms with Crippen LogP contribution in [0.4, 0.5) is 0 Å². The number of aliphatic hydroxyl groups is 1. The third kappa shape index (κ3) is 2.32. The maximum atomic E-state index is 11.3. The molecule has 3 heteroatoms. The standard InChI is InChI=1S/C19H22N2O/c1-4-14-5-6-16-10-17(8-7-15(16)9-14)19(22,13(2)3)18-11-20-12-21-18/h5-13,22H,4H2,1-3H3,(H,20,21). The van der Waals surface area contributed by atoms with Crippen molar-refractivity contribution < 1.29 is 5.11 Å². The summed E-state index contributed by atoms with van der Waals surface area (Å²) in [5, 5.41) is 13.6. The third-order valence-electron chi connectivity index (χ3n) is 4.48. The molecule has 3 rings (SSSR count). The Hall–Kier alpha value is -2.13. The Bertz CT molecular complexity index is 777. The SMILES string of the molecule is CCc1ccc2cc(C(O)(c3c[nH]cn3)C(C)C)ccc2c1. The number of H-pyrrole nitrogens is 1. The van der Waals surface area contributed by atoms with Crippen molar-refractivity contribution in [1.82, 2.24) is 9.97 Å². The number of rotatable bonds is 4. The molecule has 1 atom stereocenters. The summed E-state index contributed by atoms with van der Waals surface area (Å²) in [4.78, 5) is 7.23. The highest BCUT2D eigenvalue weighted by Gasteiger charge is 2.37. The molecule has 0 aliphatic carbocycles. The normalized spacial score (nSPS) is 14.4. The van der Waals surface area contributed by atoms with Crippen molar-refractivity contribution >= 4 is 10.8 Å². The van der Waals surface area contributed by atoms with Crippen LogP contribution in [0.15, 0.2) is 48.9 Å². The van der Waals surface area contributed by atoms with Gasteiger partial charge in [-0.3, -0.25) is 0 Å². The Morgan fingerprint density at radius 1 is 1.14 bits per heavy atom. The number of hydrogen-bond acceptors (Lipinski definition) is 2. The predicted molar refractivity (Wildman–Crippen MR) is 89.8 cm³/mol. The van der Waals surface area contributed by atoms with Crippen LogP contribution in [-0.2, 0) is 12.0 Å². The van der Waals surface area contributed by atoms with E-state index in [1.54, 1.807) is 12.5 Å². The van der Waals surface area contributed by atoms with Gasteiger partial charge in [0, 0.05) is 6.20 Å². The molecule has 3 aromatic rings. The van der Waals surface area contributed by atoms with E-state index in [1.807, 2.05) is 19.9 Å². The van der Waals surface area contributed by atoms with Crippen molar-refractivity contribution in [2.45, 2.75) is 32.8 Å². The molecule has 0 aliphatic rings. The van der Waals surface area contributed by atoms with E-state index in [1.165, 1.54) is 10.9 Å². The maximum Gasteiger partial charge on any atom is 0.135 e. The Labute approximate surface area is 131 Å². The van der Waals surface area contributed by atoms with Crippen LogP contribution < -0.4 is 0 Å². The molecule has 1 aromatic heterocycles. The van der Waals surface area contributed by atoms with Crippen molar-refractivity contribution in [3.63, 3.8) is 0 Å². The number of nitrogens with one attached hydrogen (secondary N) is 1. The second kappa shape index (κ2) is 5.58. The van der Waals surface area contributed by atoms with E-state index in [-0.39, 0.29) is 5.92 Å². The van der Waals surface area contributed by atoms with E-state index >= 15 is 0 Å². The van der Waals surface area contributed by atoms with Crippen molar-refractivity contribution in [3.05, 3.63) is 65.7 Å². The second-order valence-corrected chi connectivity index (χ2v) is 6.13. The van der Waals surface area contributed by atoms with Gasteiger partial charge in [-0.15, -0.1) is 0 Å². The van der Waals surface area contributed by atoms with Crippen LogP contribution in [0.1, 0.15) is 37.6 Å². The van der Waals surface area contributed by atoms with Gasteiger partial charge in [-0.2, -0.15) is 0 Å². The molecule has 0 saturated heterocycles. The zero-order valence-corrected chi connectivity index (χ0v) is 13.3. The molecule has 2 aromatic carbocycles. The fourth-order valence-electron chi connectivity index (χ4n) is 3.00. The number of nitrogens with zero attached hydrogens (tertiary/aromatic N) is 1. The molecular formula is C19H22N2O. The van der Waals surface area contributed by atoms with Crippen molar-refractivity contribution in [1.29, 1.82) is 0 Å². The average molecular weight is 294 g/mol. The summed E-state index contributed by atoms with van der Waals surface area (Å²) in [6.07, 6.45) is 4.41. The highest BCUT2D eigenvalue weighted by atomic mass is 16.3. The summed E-state index contributed by atoms with van der Waals surface area (Å²) < 4.78 is 0. The zero-order valence-electron chi connectivity index (χ0n) is 13.3. The summed E-state index contributed by atoms with van der Waals surface area (Å²) in [5.74, 6) is 0.0168. The first-order valence-corrected chi connectivity index (χ1v) is 7.80. The van der Waals surface area contributed by atoms with Crippen molar-refractivity contribution in [2.24, 2.45) is 5.92 Å². The molecule has 2 N–H and O–H groups in total. The quantitative estimate of drug-likeness (QED) is 0.763. The van der Waals surface area contributed by atoms with Crippen LogP contribution in [0.25, 0.3) is 10.8 Å². The number of benzene rings is 2. The van der Waals surface area contributed by atoms with E-state index in [0.717, 1.165) is 17.4 Å². The molecular weight excluding hydrogens is 272 g/mol. The van der Waals surface area contributed by atoms with Gasteiger partial charge in [-0.05, 0) is 40.3 Å². The lowest BCUT2D eigenvalue weighted by atomic mass is 9.80. The second-order valence-electron chi connectivity index (χ2n) is 6.13. The number of imidazole rings is 1. The fraction of sp³-hybridized carbons (Fsp3) is 0.316. The van der Waals surface area contributed by atoms with E-state index in [2.05, 4.69) is 47.2 Å². The van der Waals surface area contributed by atoms with Gasteiger partial charge in [0.05, 0.1) is 12.0 Å². The highest BCUT2D eigenvalue weighted by Crippen LogP contribution is 2.36. The van der Waals surface area contributed by atoms with E-state index in [4.69, 9.17) is 0 Å². The smallest absolute Gasteiger partial charge is 0.135 e. The molecule has 0 bridgehead atoms. The number of aromatic amines is 1. The summed E-state index contributed by atoms with van der Waals surface area (Å²) in [6, 6.07) is 12.7. The summed E-state index contributed by atoms with van der Waals surface area (Å²) in [6.45, 7) is 6.18. The van der Waals surface area contributed by atoms with Gasteiger partial charge in [-0.25, -0.2) is 4.98 Å². The Balaban J connectivity index is 2.15. The summed E-state index contributed by atoms with van der Waals surface area (Å²) >= 11 is 0. The van der Waals surface area contributed by atoms with Gasteiger partial charge in [0.15, 0.2) is 0 Å². The van der Waals surface area contributed by atoms with Crippen LogP contribution in [0.5, 0.6) is 0 Å². The molecule has 0 aliphatic heterocycles. The molecule has 0 spiro atoms. The Kier molecular flexibility index (Phi) is 3.75. The lowest BCUT2D eigenvalue weighted by Gasteiger charge is -2.31. The van der Waals surface area contributed by atoms with Crippen molar-refractivity contribution in [3.8, 4) is 0 Å². The van der Waals surface area contributed by atoms with E-state index < -0.39 is 5.60 Å². The minimum Gasteiger partial charge on any atom is -0.378 e. The predicted octanol–water partition coefficient (Wildman–Crippen LogP) is 4.02. The molecule has 114 valence electrons. The van der Waals surface area contributed by atoms with Crippen LogP contribution in [0.3, 0.4) is 0 Å². The molecule has 0 saturated carbocycles. The summed E-state index contributed by atoms with van der Waals surface area (Å²) in [7, 11) is 0. The van der Waals surface area contributed by atoms with Gasteiger partial charge in [0.1, 0.15) is 5.60 Å². The van der Waals surface area contributed by atoms with Crippen LogP contribution in [0.2, 0.25) is 0 Å².